The van der Waals surface area contributed by atoms with Gasteiger partial charge in [0.15, 0.2) is 0 Å². The van der Waals surface area contributed by atoms with Crippen molar-refractivity contribution in [2.24, 2.45) is 5.92 Å². The van der Waals surface area contributed by atoms with E-state index in [1.807, 2.05) is 0 Å². The van der Waals surface area contributed by atoms with E-state index in [1.165, 1.54) is 12.4 Å². The highest BCUT2D eigenvalue weighted by molar-refractivity contribution is 4.97. The number of hydrogen-bond acceptors (Lipinski definition) is 3. The van der Waals surface area contributed by atoms with Crippen molar-refractivity contribution in [2.45, 2.75) is 57.3 Å². The molecule has 2 heterocycles. The van der Waals surface area contributed by atoms with Crippen LogP contribution in [0.15, 0.2) is 12.4 Å². The lowest BCUT2D eigenvalue weighted by atomic mass is 9.94. The summed E-state index contributed by atoms with van der Waals surface area (Å²) < 4.78 is 26.6. The van der Waals surface area contributed by atoms with Crippen molar-refractivity contribution in [1.29, 1.82) is 0 Å². The monoisotopic (exact) mass is 285 g/mol. The van der Waals surface area contributed by atoms with Crippen LogP contribution in [0.2, 0.25) is 0 Å². The third-order valence-electron chi connectivity index (χ3n) is 4.74. The minimum absolute atomic E-state index is 0.226. The summed E-state index contributed by atoms with van der Waals surface area (Å²) in [5.74, 6) is 0.715. The average Bonchev–Trinajstić information content (AvgIpc) is 3.10. The molecule has 1 aromatic heterocycles. The standard InChI is InChI=1S/C14H21F2N3O/c15-14(16)19-8-6-17-13(19)9-18-7-2-4-11(18)10-3-1-5-12(10)20/h6,8,10-12,14,20H,1-5,7,9H2. The highest BCUT2D eigenvalue weighted by Crippen LogP contribution is 2.36. The van der Waals surface area contributed by atoms with Crippen molar-refractivity contribution in [1.82, 2.24) is 14.5 Å². The molecule has 2 aliphatic rings. The van der Waals surface area contributed by atoms with Gasteiger partial charge < -0.3 is 5.11 Å². The summed E-state index contributed by atoms with van der Waals surface area (Å²) in [5.41, 5.74) is 0. The number of halogens is 2. The number of aromatic nitrogens is 2. The Morgan fingerprint density at radius 2 is 2.15 bits per heavy atom. The van der Waals surface area contributed by atoms with E-state index in [-0.39, 0.29) is 6.10 Å². The Balaban J connectivity index is 1.71. The minimum Gasteiger partial charge on any atom is -0.393 e. The molecule has 0 bridgehead atoms. The first-order valence-corrected chi connectivity index (χ1v) is 7.39. The third-order valence-corrected chi connectivity index (χ3v) is 4.74. The smallest absolute Gasteiger partial charge is 0.319 e. The second-order valence-electron chi connectivity index (χ2n) is 5.87. The second-order valence-corrected chi connectivity index (χ2v) is 5.87. The number of aliphatic hydroxyl groups is 1. The molecule has 4 nitrogen and oxygen atoms in total. The molecule has 3 rings (SSSR count). The number of nitrogens with zero attached hydrogens (tertiary/aromatic N) is 3. The Morgan fingerprint density at radius 3 is 2.85 bits per heavy atom. The van der Waals surface area contributed by atoms with Crippen LogP contribution in [0.25, 0.3) is 0 Å². The van der Waals surface area contributed by atoms with Gasteiger partial charge in [0.2, 0.25) is 0 Å². The number of imidazole rings is 1. The molecule has 0 radical (unpaired) electrons. The van der Waals surface area contributed by atoms with E-state index in [4.69, 9.17) is 0 Å². The molecule has 3 unspecified atom stereocenters. The van der Waals surface area contributed by atoms with E-state index in [0.717, 1.165) is 43.2 Å². The molecular formula is C14H21F2N3O. The molecule has 1 N–H and O–H groups in total. The Hall–Kier alpha value is -1.01. The van der Waals surface area contributed by atoms with Gasteiger partial charge in [-0.25, -0.2) is 4.98 Å². The van der Waals surface area contributed by atoms with E-state index in [0.29, 0.717) is 24.3 Å². The molecule has 3 atom stereocenters. The fourth-order valence-corrected chi connectivity index (χ4v) is 3.78. The highest BCUT2D eigenvalue weighted by Gasteiger charge is 2.38. The van der Waals surface area contributed by atoms with Crippen molar-refractivity contribution in [3.63, 3.8) is 0 Å². The van der Waals surface area contributed by atoms with Crippen LogP contribution < -0.4 is 0 Å². The molecule has 20 heavy (non-hydrogen) atoms. The zero-order valence-corrected chi connectivity index (χ0v) is 11.5. The first-order valence-electron chi connectivity index (χ1n) is 7.39. The van der Waals surface area contributed by atoms with Crippen molar-refractivity contribution >= 4 is 0 Å². The number of hydrogen-bond donors (Lipinski definition) is 1. The largest absolute Gasteiger partial charge is 0.393 e. The van der Waals surface area contributed by atoms with E-state index in [1.54, 1.807) is 0 Å². The SMILES string of the molecule is OC1CCCC1C1CCCN1Cc1nccn1C(F)F. The lowest BCUT2D eigenvalue weighted by molar-refractivity contribution is 0.0534. The van der Waals surface area contributed by atoms with E-state index in [2.05, 4.69) is 9.88 Å². The molecule has 1 saturated heterocycles. The summed E-state index contributed by atoms with van der Waals surface area (Å²) in [7, 11) is 0. The van der Waals surface area contributed by atoms with Crippen LogP contribution in [0.1, 0.15) is 44.5 Å². The molecule has 112 valence electrons. The van der Waals surface area contributed by atoms with Gasteiger partial charge in [0.05, 0.1) is 12.6 Å². The van der Waals surface area contributed by atoms with Crippen molar-refractivity contribution < 1.29 is 13.9 Å². The molecule has 0 amide bonds. The van der Waals surface area contributed by atoms with Crippen LogP contribution in [-0.4, -0.2) is 38.2 Å². The Morgan fingerprint density at radius 1 is 1.30 bits per heavy atom. The van der Waals surface area contributed by atoms with Crippen LogP contribution >= 0.6 is 0 Å². The molecule has 6 heteroatoms. The third kappa shape index (κ3) is 2.59. The molecule has 2 fully saturated rings. The van der Waals surface area contributed by atoms with Gasteiger partial charge in [-0.2, -0.15) is 8.78 Å². The van der Waals surface area contributed by atoms with Gasteiger partial charge in [-0.1, -0.05) is 6.42 Å². The van der Waals surface area contributed by atoms with Crippen LogP contribution in [-0.2, 0) is 6.54 Å². The zero-order valence-electron chi connectivity index (χ0n) is 11.5. The van der Waals surface area contributed by atoms with Gasteiger partial charge in [0, 0.05) is 24.4 Å². The van der Waals surface area contributed by atoms with Gasteiger partial charge in [0.1, 0.15) is 5.82 Å². The lowest BCUT2D eigenvalue weighted by Gasteiger charge is -2.31. The van der Waals surface area contributed by atoms with E-state index >= 15 is 0 Å². The van der Waals surface area contributed by atoms with Gasteiger partial charge in [-0.15, -0.1) is 0 Å². The van der Waals surface area contributed by atoms with Crippen LogP contribution in [0.4, 0.5) is 8.78 Å². The van der Waals surface area contributed by atoms with Gasteiger partial charge in [0.25, 0.3) is 0 Å². The minimum atomic E-state index is -2.54. The Kier molecular flexibility index (Phi) is 4.03. The quantitative estimate of drug-likeness (QED) is 0.923. The van der Waals surface area contributed by atoms with E-state index < -0.39 is 6.55 Å². The first kappa shape index (κ1) is 13.9. The molecule has 0 spiro atoms. The molecule has 1 aliphatic heterocycles. The number of likely N-dealkylation sites (tertiary alicyclic amines) is 1. The Labute approximate surface area is 117 Å². The summed E-state index contributed by atoms with van der Waals surface area (Å²) in [5, 5.41) is 10.1. The van der Waals surface area contributed by atoms with Crippen LogP contribution in [0.3, 0.4) is 0 Å². The van der Waals surface area contributed by atoms with Gasteiger partial charge >= 0.3 is 6.55 Å². The molecular weight excluding hydrogens is 264 g/mol. The number of aliphatic hydroxyl groups excluding tert-OH is 1. The maximum atomic E-state index is 12.9. The Bertz CT molecular complexity index is 451. The summed E-state index contributed by atoms with van der Waals surface area (Å²) in [4.78, 5) is 6.28. The lowest BCUT2D eigenvalue weighted by Crippen LogP contribution is -2.39. The van der Waals surface area contributed by atoms with Crippen LogP contribution in [0, 0.1) is 5.92 Å². The second kappa shape index (κ2) is 5.77. The average molecular weight is 285 g/mol. The number of alkyl halides is 2. The fourth-order valence-electron chi connectivity index (χ4n) is 3.78. The van der Waals surface area contributed by atoms with E-state index in [9.17, 15) is 13.9 Å². The van der Waals surface area contributed by atoms with Crippen molar-refractivity contribution in [3.05, 3.63) is 18.2 Å². The first-order chi connectivity index (χ1) is 9.66. The van der Waals surface area contributed by atoms with Crippen molar-refractivity contribution in [3.8, 4) is 0 Å². The predicted octanol–water partition coefficient (Wildman–Crippen LogP) is 2.40. The zero-order chi connectivity index (χ0) is 14.1. The van der Waals surface area contributed by atoms with Gasteiger partial charge in [-0.3, -0.25) is 9.47 Å². The molecule has 0 aromatic carbocycles. The summed E-state index contributed by atoms with van der Waals surface area (Å²) in [6.45, 7) is -1.18. The summed E-state index contributed by atoms with van der Waals surface area (Å²) >= 11 is 0. The topological polar surface area (TPSA) is 41.3 Å². The predicted molar refractivity (Wildman–Crippen MR) is 70.3 cm³/mol. The van der Waals surface area contributed by atoms with Gasteiger partial charge in [-0.05, 0) is 32.2 Å². The highest BCUT2D eigenvalue weighted by atomic mass is 19.3. The van der Waals surface area contributed by atoms with Crippen LogP contribution in [0.5, 0.6) is 0 Å². The molecule has 1 aromatic rings. The fraction of sp³-hybridized carbons (Fsp3) is 0.786. The normalized spacial score (nSPS) is 31.5. The van der Waals surface area contributed by atoms with Crippen molar-refractivity contribution in [2.75, 3.05) is 6.54 Å². The summed E-state index contributed by atoms with van der Waals surface area (Å²) in [6, 6.07) is 0.315. The summed E-state index contributed by atoms with van der Waals surface area (Å²) in [6.07, 6.45) is 7.65. The molecule has 1 saturated carbocycles. The molecule has 1 aliphatic carbocycles. The maximum Gasteiger partial charge on any atom is 0.319 e. The number of rotatable bonds is 4. The maximum absolute atomic E-state index is 12.9.